The lowest BCUT2D eigenvalue weighted by Crippen LogP contribution is -2.57. The molecule has 11 nitrogen and oxygen atoms in total. The number of carbonyl (C=O) groups is 4. The largest absolute Gasteiger partial charge is 0.491 e. The molecule has 4 amide bonds. The fourth-order valence-corrected chi connectivity index (χ4v) is 4.24. The molecule has 2 aromatic carbocycles. The standard InChI is InChI=1S/C25H29N3O8/c26-6-7-33-8-9-34-10-11-35-12-13-36-17-14-16-2-1-3-18-22(16)19(15-17)25(32)28(24(18)31)20-4-5-21(29)27-23(20)30/h1-3,14-15,20H,4-13,26H2,(H,27,29,30). The second-order valence-corrected chi connectivity index (χ2v) is 8.30. The Morgan fingerprint density at radius 2 is 1.53 bits per heavy atom. The van der Waals surface area contributed by atoms with Gasteiger partial charge in [-0.3, -0.25) is 29.4 Å². The number of ether oxygens (including phenoxy) is 4. The molecule has 2 aliphatic rings. The second kappa shape index (κ2) is 12.0. The molecule has 0 radical (unpaired) electrons. The van der Waals surface area contributed by atoms with E-state index in [9.17, 15) is 19.2 Å². The van der Waals surface area contributed by atoms with Gasteiger partial charge in [-0.2, -0.15) is 0 Å². The van der Waals surface area contributed by atoms with E-state index in [-0.39, 0.29) is 25.0 Å². The van der Waals surface area contributed by atoms with Crippen LogP contribution in [0.2, 0.25) is 0 Å². The van der Waals surface area contributed by atoms with E-state index in [4.69, 9.17) is 24.7 Å². The molecule has 36 heavy (non-hydrogen) atoms. The highest BCUT2D eigenvalue weighted by atomic mass is 16.6. The first-order valence-electron chi connectivity index (χ1n) is 11.9. The summed E-state index contributed by atoms with van der Waals surface area (Å²) in [4.78, 5) is 51.5. The van der Waals surface area contributed by atoms with E-state index >= 15 is 0 Å². The number of nitrogens with two attached hydrogens (primary N) is 1. The zero-order chi connectivity index (χ0) is 25.5. The highest BCUT2D eigenvalue weighted by Gasteiger charge is 2.42. The molecule has 11 heteroatoms. The van der Waals surface area contributed by atoms with Crippen molar-refractivity contribution in [2.45, 2.75) is 18.9 Å². The Bertz CT molecular complexity index is 1150. The van der Waals surface area contributed by atoms with Crippen LogP contribution in [-0.4, -0.2) is 87.4 Å². The zero-order valence-electron chi connectivity index (χ0n) is 19.8. The number of amides is 4. The Kier molecular flexibility index (Phi) is 8.60. The van der Waals surface area contributed by atoms with Gasteiger partial charge in [0.1, 0.15) is 18.4 Å². The third-order valence-electron chi connectivity index (χ3n) is 5.87. The van der Waals surface area contributed by atoms with Gasteiger partial charge < -0.3 is 24.7 Å². The van der Waals surface area contributed by atoms with Crippen LogP contribution in [0.4, 0.5) is 0 Å². The maximum absolute atomic E-state index is 13.4. The molecular weight excluding hydrogens is 470 g/mol. The number of nitrogens with zero attached hydrogens (tertiary/aromatic N) is 1. The second-order valence-electron chi connectivity index (χ2n) is 8.30. The van der Waals surface area contributed by atoms with Gasteiger partial charge in [0.25, 0.3) is 11.8 Å². The first-order chi connectivity index (χ1) is 17.5. The molecule has 192 valence electrons. The summed E-state index contributed by atoms with van der Waals surface area (Å²) >= 11 is 0. The van der Waals surface area contributed by atoms with Crippen molar-refractivity contribution >= 4 is 34.4 Å². The minimum atomic E-state index is -1.04. The van der Waals surface area contributed by atoms with Gasteiger partial charge in [-0.15, -0.1) is 0 Å². The predicted octanol–water partition coefficient (Wildman–Crippen LogP) is 0.628. The van der Waals surface area contributed by atoms with Crippen molar-refractivity contribution in [2.24, 2.45) is 5.73 Å². The molecule has 0 bridgehead atoms. The van der Waals surface area contributed by atoms with Crippen molar-refractivity contribution in [2.75, 3.05) is 52.8 Å². The minimum Gasteiger partial charge on any atom is -0.491 e. The van der Waals surface area contributed by atoms with Crippen LogP contribution in [0.1, 0.15) is 33.6 Å². The SMILES string of the molecule is NCCOCCOCCOCCOc1cc2c3c(cccc3c1)C(=O)N(C1CCC(=O)NC1=O)C2=O. The topological polar surface area (TPSA) is 146 Å². The summed E-state index contributed by atoms with van der Waals surface area (Å²) < 4.78 is 21.9. The number of hydrogen-bond acceptors (Lipinski definition) is 9. The molecular formula is C25H29N3O8. The van der Waals surface area contributed by atoms with Crippen LogP contribution in [-0.2, 0) is 23.8 Å². The van der Waals surface area contributed by atoms with Crippen LogP contribution in [0.3, 0.4) is 0 Å². The fourth-order valence-electron chi connectivity index (χ4n) is 4.24. The molecule has 1 saturated heterocycles. The lowest BCUT2D eigenvalue weighted by atomic mass is 9.91. The number of hydrogen-bond donors (Lipinski definition) is 2. The summed E-state index contributed by atoms with van der Waals surface area (Å²) in [5.41, 5.74) is 5.94. The number of carbonyl (C=O) groups excluding carboxylic acids is 4. The minimum absolute atomic E-state index is 0.0563. The maximum Gasteiger partial charge on any atom is 0.262 e. The summed E-state index contributed by atoms with van der Waals surface area (Å²) in [5.74, 6) is -1.77. The third kappa shape index (κ3) is 5.71. The van der Waals surface area contributed by atoms with E-state index in [0.29, 0.717) is 68.3 Å². The van der Waals surface area contributed by atoms with Crippen LogP contribution >= 0.6 is 0 Å². The lowest BCUT2D eigenvalue weighted by Gasteiger charge is -2.34. The van der Waals surface area contributed by atoms with Gasteiger partial charge in [0, 0.05) is 23.9 Å². The number of rotatable bonds is 13. The Morgan fingerprint density at radius 1 is 0.861 bits per heavy atom. The predicted molar refractivity (Wildman–Crippen MR) is 128 cm³/mol. The summed E-state index contributed by atoms with van der Waals surface area (Å²) in [6.07, 6.45) is 0.145. The monoisotopic (exact) mass is 499 g/mol. The highest BCUT2D eigenvalue weighted by Crippen LogP contribution is 2.35. The van der Waals surface area contributed by atoms with Crippen LogP contribution in [0.5, 0.6) is 5.75 Å². The quantitative estimate of drug-likeness (QED) is 0.299. The van der Waals surface area contributed by atoms with Crippen LogP contribution in [0, 0.1) is 0 Å². The summed E-state index contributed by atoms with van der Waals surface area (Å²) in [5, 5.41) is 3.41. The maximum atomic E-state index is 13.4. The molecule has 1 atom stereocenters. The van der Waals surface area contributed by atoms with Gasteiger partial charge in [0.05, 0.1) is 45.2 Å². The van der Waals surface area contributed by atoms with Gasteiger partial charge in [-0.25, -0.2) is 0 Å². The molecule has 0 aromatic heterocycles. The van der Waals surface area contributed by atoms with Crippen molar-refractivity contribution < 1.29 is 38.1 Å². The first-order valence-corrected chi connectivity index (χ1v) is 11.9. The molecule has 2 aromatic rings. The average molecular weight is 500 g/mol. The van der Waals surface area contributed by atoms with E-state index in [1.165, 1.54) is 0 Å². The molecule has 3 N–H and O–H groups in total. The molecule has 1 unspecified atom stereocenters. The molecule has 0 saturated carbocycles. The normalized spacial score (nSPS) is 17.6. The third-order valence-corrected chi connectivity index (χ3v) is 5.87. The first kappa shape index (κ1) is 25.7. The van der Waals surface area contributed by atoms with Crippen LogP contribution in [0.25, 0.3) is 10.8 Å². The number of benzene rings is 2. The highest BCUT2D eigenvalue weighted by molar-refractivity contribution is 6.27. The summed E-state index contributed by atoms with van der Waals surface area (Å²) in [6, 6.07) is 7.42. The molecule has 0 aliphatic carbocycles. The van der Waals surface area contributed by atoms with Crippen molar-refractivity contribution in [1.29, 1.82) is 0 Å². The Hall–Kier alpha value is -3.38. The Labute approximate surface area is 207 Å². The molecule has 4 rings (SSSR count). The van der Waals surface area contributed by atoms with E-state index in [1.54, 1.807) is 30.3 Å². The van der Waals surface area contributed by atoms with Crippen LogP contribution in [0.15, 0.2) is 30.3 Å². The Morgan fingerprint density at radius 3 is 2.22 bits per heavy atom. The number of nitrogens with one attached hydrogen (secondary N) is 1. The molecule has 2 aliphatic heterocycles. The van der Waals surface area contributed by atoms with Crippen molar-refractivity contribution in [1.82, 2.24) is 10.2 Å². The van der Waals surface area contributed by atoms with E-state index in [2.05, 4.69) is 5.32 Å². The van der Waals surface area contributed by atoms with Crippen molar-refractivity contribution in [3.05, 3.63) is 41.5 Å². The lowest BCUT2D eigenvalue weighted by molar-refractivity contribution is -0.136. The molecule has 2 heterocycles. The van der Waals surface area contributed by atoms with Gasteiger partial charge >= 0.3 is 0 Å². The average Bonchev–Trinajstić information content (AvgIpc) is 2.87. The number of piperidine rings is 1. The fraction of sp³-hybridized carbons (Fsp3) is 0.440. The Balaban J connectivity index is 1.37. The summed E-state index contributed by atoms with van der Waals surface area (Å²) in [6.45, 7) is 3.32. The van der Waals surface area contributed by atoms with Gasteiger partial charge in [0.15, 0.2) is 0 Å². The van der Waals surface area contributed by atoms with E-state index < -0.39 is 29.7 Å². The van der Waals surface area contributed by atoms with E-state index in [1.807, 2.05) is 0 Å². The molecule has 0 spiro atoms. The van der Waals surface area contributed by atoms with E-state index in [0.717, 1.165) is 4.90 Å². The smallest absolute Gasteiger partial charge is 0.262 e. The van der Waals surface area contributed by atoms with Gasteiger partial charge in [0.2, 0.25) is 11.8 Å². The van der Waals surface area contributed by atoms with Gasteiger partial charge in [-0.1, -0.05) is 12.1 Å². The molecule has 1 fully saturated rings. The van der Waals surface area contributed by atoms with Crippen LogP contribution < -0.4 is 15.8 Å². The van der Waals surface area contributed by atoms with Crippen molar-refractivity contribution in [3.63, 3.8) is 0 Å². The van der Waals surface area contributed by atoms with Gasteiger partial charge in [-0.05, 0) is 30.0 Å². The van der Waals surface area contributed by atoms with Crippen molar-refractivity contribution in [3.8, 4) is 5.75 Å². The zero-order valence-corrected chi connectivity index (χ0v) is 19.8. The summed E-state index contributed by atoms with van der Waals surface area (Å²) in [7, 11) is 0. The number of imide groups is 2.